The maximum absolute atomic E-state index is 4.53. The van der Waals surface area contributed by atoms with Gasteiger partial charge >= 0.3 is 0 Å². The van der Waals surface area contributed by atoms with Gasteiger partial charge in [0, 0.05) is 52.6 Å². The fourth-order valence-electron chi connectivity index (χ4n) is 3.66. The van der Waals surface area contributed by atoms with Crippen LogP contribution in [0.3, 0.4) is 0 Å². The smallest absolute Gasteiger partial charge is 0.0166 e. The number of nitrogens with zero attached hydrogens (tertiary/aromatic N) is 2. The van der Waals surface area contributed by atoms with Crippen molar-refractivity contribution in [3.63, 3.8) is 0 Å². The first-order chi connectivity index (χ1) is 16.8. The van der Waals surface area contributed by atoms with Gasteiger partial charge in [-0.25, -0.2) is 0 Å². The van der Waals surface area contributed by atoms with E-state index in [-0.39, 0.29) is 40.2 Å². The summed E-state index contributed by atoms with van der Waals surface area (Å²) in [7, 11) is 0. The number of aryl methyl sites for hydroxylation is 1. The Balaban J connectivity index is 0.000000278. The second kappa shape index (κ2) is 16.1. The zero-order valence-electron chi connectivity index (χ0n) is 20.2. The summed E-state index contributed by atoms with van der Waals surface area (Å²) in [6, 6.07) is 41.1. The van der Waals surface area contributed by atoms with Crippen molar-refractivity contribution < 1.29 is 40.2 Å². The van der Waals surface area contributed by atoms with Crippen molar-refractivity contribution in [2.75, 3.05) is 0 Å². The van der Waals surface area contributed by atoms with Gasteiger partial charge in [-0.1, -0.05) is 68.3 Å². The topological polar surface area (TPSA) is 25.8 Å². The fourth-order valence-corrected chi connectivity index (χ4v) is 3.66. The van der Waals surface area contributed by atoms with Crippen LogP contribution in [0.1, 0.15) is 25.3 Å². The van der Waals surface area contributed by atoms with Crippen LogP contribution < -0.4 is 0 Å². The summed E-state index contributed by atoms with van der Waals surface area (Å²) >= 11 is 0. The Morgan fingerprint density at radius 3 is 2.08 bits per heavy atom. The van der Waals surface area contributed by atoms with E-state index in [9.17, 15) is 0 Å². The average molecular weight is 825 g/mol. The summed E-state index contributed by atoms with van der Waals surface area (Å²) in [5.41, 5.74) is 7.84. The molecule has 36 heavy (non-hydrogen) atoms. The zero-order valence-corrected chi connectivity index (χ0v) is 24.9. The van der Waals surface area contributed by atoms with Gasteiger partial charge in [0.1, 0.15) is 0 Å². The van der Waals surface area contributed by atoms with Gasteiger partial charge in [-0.2, -0.15) is 0 Å². The van der Waals surface area contributed by atoms with E-state index < -0.39 is 0 Å². The molecule has 0 N–H and O–H groups in total. The molecule has 0 unspecified atom stereocenters. The van der Waals surface area contributed by atoms with Crippen molar-refractivity contribution in [2.45, 2.75) is 26.2 Å². The second-order valence-electron chi connectivity index (χ2n) is 8.00. The van der Waals surface area contributed by atoms with Crippen molar-refractivity contribution in [3.05, 3.63) is 133 Å². The summed E-state index contributed by atoms with van der Waals surface area (Å²) in [5.74, 6) is 0. The van der Waals surface area contributed by atoms with Gasteiger partial charge in [0.05, 0.1) is 0 Å². The summed E-state index contributed by atoms with van der Waals surface area (Å²) in [6.07, 6.45) is 7.23. The molecule has 0 atom stereocenters. The van der Waals surface area contributed by atoms with Crippen LogP contribution in [-0.4, -0.2) is 9.97 Å². The molecule has 0 fully saturated rings. The van der Waals surface area contributed by atoms with Crippen molar-refractivity contribution >= 4 is 0 Å². The third-order valence-electron chi connectivity index (χ3n) is 5.48. The van der Waals surface area contributed by atoms with Crippen molar-refractivity contribution in [1.82, 2.24) is 9.97 Å². The molecule has 2 radical (unpaired) electrons. The Morgan fingerprint density at radius 1 is 0.611 bits per heavy atom. The van der Waals surface area contributed by atoms with Crippen LogP contribution in [0.15, 0.2) is 116 Å². The van der Waals surface area contributed by atoms with E-state index in [1.54, 1.807) is 6.20 Å². The monoisotopic (exact) mass is 826 g/mol. The molecule has 0 spiro atoms. The number of aromatic nitrogens is 2. The van der Waals surface area contributed by atoms with Gasteiger partial charge in [0.2, 0.25) is 0 Å². The second-order valence-corrected chi connectivity index (χ2v) is 8.00. The maximum atomic E-state index is 4.53. The molecule has 0 bridgehead atoms. The van der Waals surface area contributed by atoms with Gasteiger partial charge < -0.3 is 9.97 Å². The number of rotatable bonds is 6. The first-order valence-electron chi connectivity index (χ1n) is 11.7. The molecule has 0 aliphatic carbocycles. The molecule has 4 heteroatoms. The van der Waals surface area contributed by atoms with Gasteiger partial charge in [-0.15, -0.1) is 71.3 Å². The molecule has 2 aromatic heterocycles. The number of hydrogen-bond acceptors (Lipinski definition) is 2. The van der Waals surface area contributed by atoms with Crippen LogP contribution in [0.25, 0.3) is 33.6 Å². The standard InChI is InChI=1S/C21H20N.C11H8N.2Ir/c1-2-3-8-17-9-7-12-20(15-17)21-16-19(13-14-22-21)18-10-5-4-6-11-18;1-2-6-10(7-3-1)11-8-4-5-9-12-11;;/h4-7,9-11,13-16H,2-3,8H2,1H3;1-6,8-9H;;/q2*-1;;. The summed E-state index contributed by atoms with van der Waals surface area (Å²) in [5, 5.41) is 0. The van der Waals surface area contributed by atoms with Crippen LogP contribution in [-0.2, 0) is 46.6 Å². The number of unbranched alkanes of at least 4 members (excludes halogenated alkanes) is 1. The summed E-state index contributed by atoms with van der Waals surface area (Å²) < 4.78 is 0. The van der Waals surface area contributed by atoms with Crippen molar-refractivity contribution in [1.29, 1.82) is 0 Å². The van der Waals surface area contributed by atoms with Gasteiger partial charge in [0.25, 0.3) is 0 Å². The molecule has 186 valence electrons. The minimum atomic E-state index is 0. The van der Waals surface area contributed by atoms with Gasteiger partial charge in [0.15, 0.2) is 0 Å². The molecule has 3 aromatic carbocycles. The normalized spacial score (nSPS) is 9.69. The van der Waals surface area contributed by atoms with E-state index in [0.717, 1.165) is 28.9 Å². The first kappa shape index (κ1) is 29.5. The van der Waals surface area contributed by atoms with Crippen LogP contribution in [0, 0.1) is 12.1 Å². The predicted molar refractivity (Wildman–Crippen MR) is 141 cm³/mol. The van der Waals surface area contributed by atoms with Crippen molar-refractivity contribution in [2.24, 2.45) is 0 Å². The molecule has 0 aliphatic heterocycles. The number of benzene rings is 3. The molecule has 0 aliphatic rings. The van der Waals surface area contributed by atoms with Crippen LogP contribution in [0.4, 0.5) is 0 Å². The third-order valence-corrected chi connectivity index (χ3v) is 5.48. The zero-order chi connectivity index (χ0) is 23.4. The van der Waals surface area contributed by atoms with E-state index in [1.165, 1.54) is 29.5 Å². The largest absolute Gasteiger partial charge is 0.305 e. The summed E-state index contributed by atoms with van der Waals surface area (Å²) in [6.45, 7) is 2.22. The van der Waals surface area contributed by atoms with E-state index in [0.29, 0.717) is 0 Å². The molecule has 0 saturated heterocycles. The third kappa shape index (κ3) is 8.73. The molecule has 2 heterocycles. The Morgan fingerprint density at radius 2 is 1.36 bits per heavy atom. The molecular formula is C32H28Ir2N2-2. The molecular weight excluding hydrogens is 797 g/mol. The quantitative estimate of drug-likeness (QED) is 0.162. The fraction of sp³-hybridized carbons (Fsp3) is 0.125. The van der Waals surface area contributed by atoms with E-state index >= 15 is 0 Å². The predicted octanol–water partition coefficient (Wildman–Crippen LogP) is 8.10. The molecule has 0 saturated carbocycles. The Labute approximate surface area is 242 Å². The van der Waals surface area contributed by atoms with E-state index in [1.807, 2.05) is 60.8 Å². The molecule has 0 amide bonds. The van der Waals surface area contributed by atoms with Gasteiger partial charge in [-0.3, -0.25) is 0 Å². The van der Waals surface area contributed by atoms with Crippen LogP contribution in [0.5, 0.6) is 0 Å². The Kier molecular flexibility index (Phi) is 13.2. The minimum absolute atomic E-state index is 0. The SMILES string of the molecule is CCCCc1cc[c-]c(-c2cc(-c3ccccc3)ccn2)c1.[Ir].[Ir].[c-]1ccccc1-c1ccccn1. The van der Waals surface area contributed by atoms with E-state index in [4.69, 9.17) is 0 Å². The van der Waals surface area contributed by atoms with Crippen LogP contribution in [0.2, 0.25) is 0 Å². The van der Waals surface area contributed by atoms with Crippen molar-refractivity contribution in [3.8, 4) is 33.6 Å². The first-order valence-corrected chi connectivity index (χ1v) is 11.7. The maximum Gasteiger partial charge on any atom is 0.0166 e. The van der Waals surface area contributed by atoms with Crippen LogP contribution >= 0.6 is 0 Å². The minimum Gasteiger partial charge on any atom is -0.305 e. The average Bonchev–Trinajstić information content (AvgIpc) is 2.94. The van der Waals surface area contributed by atoms with Gasteiger partial charge in [-0.05, 0) is 41.1 Å². The van der Waals surface area contributed by atoms with E-state index in [2.05, 4.69) is 77.6 Å². The Bertz CT molecular complexity index is 1240. The molecule has 5 rings (SSSR count). The number of pyridine rings is 2. The molecule has 2 nitrogen and oxygen atoms in total. The number of hydrogen-bond donors (Lipinski definition) is 0. The summed E-state index contributed by atoms with van der Waals surface area (Å²) in [4.78, 5) is 8.74. The molecule has 5 aromatic rings. The Hall–Kier alpha value is -2.74.